The van der Waals surface area contributed by atoms with E-state index in [1.165, 1.54) is 6.92 Å². The molecule has 0 amide bonds. The Morgan fingerprint density at radius 2 is 1.47 bits per heavy atom. The molecule has 0 aromatic carbocycles. The van der Waals surface area contributed by atoms with Gasteiger partial charge in [0.25, 0.3) is 0 Å². The Labute approximate surface area is 193 Å². The lowest BCUT2D eigenvalue weighted by atomic mass is 9.98. The number of aliphatic hydroxyl groups excluding tert-OH is 7. The fourth-order valence-electron chi connectivity index (χ4n) is 3.97. The van der Waals surface area contributed by atoms with Crippen molar-refractivity contribution in [2.75, 3.05) is 13.2 Å². The Bertz CT molecular complexity index is 707. The van der Waals surface area contributed by atoms with Gasteiger partial charge in [-0.3, -0.25) is 4.52 Å². The molecule has 9 N–H and O–H groups in total. The Morgan fingerprint density at radius 3 is 2.09 bits per heavy atom. The molecular formula is C17H31O16P. The van der Waals surface area contributed by atoms with Crippen LogP contribution in [0.3, 0.4) is 0 Å². The molecule has 0 aromatic rings. The highest BCUT2D eigenvalue weighted by atomic mass is 31.2. The number of rotatable bonds is 7. The van der Waals surface area contributed by atoms with Crippen LogP contribution >= 0.6 is 7.82 Å². The summed E-state index contributed by atoms with van der Waals surface area (Å²) in [4.78, 5) is 17.8. The van der Waals surface area contributed by atoms with Gasteiger partial charge < -0.3 is 69.2 Å². The number of phosphoric acid groups is 1. The molecule has 3 aliphatic rings. The highest BCUT2D eigenvalue weighted by Crippen LogP contribution is 2.41. The van der Waals surface area contributed by atoms with E-state index in [0.29, 0.717) is 0 Å². The van der Waals surface area contributed by atoms with Crippen LogP contribution in [0.15, 0.2) is 0 Å². The Kier molecular flexibility index (Phi) is 9.42. The lowest BCUT2D eigenvalue weighted by Gasteiger charge is -2.46. The fraction of sp³-hybridized carbons (Fsp3) is 1.00. The normalized spacial score (nSPS) is 48.6. The summed E-state index contributed by atoms with van der Waals surface area (Å²) in [5, 5.41) is 70.3. The summed E-state index contributed by atoms with van der Waals surface area (Å²) in [6, 6.07) is 0. The van der Waals surface area contributed by atoms with Crippen molar-refractivity contribution < 1.29 is 78.3 Å². The Morgan fingerprint density at radius 1 is 0.853 bits per heavy atom. The largest absolute Gasteiger partial charge is 0.470 e. The van der Waals surface area contributed by atoms with Gasteiger partial charge >= 0.3 is 7.82 Å². The van der Waals surface area contributed by atoms with E-state index in [2.05, 4.69) is 4.52 Å². The van der Waals surface area contributed by atoms with Crippen LogP contribution < -0.4 is 0 Å². The van der Waals surface area contributed by atoms with Crippen LogP contribution in [0.1, 0.15) is 13.3 Å². The van der Waals surface area contributed by atoms with E-state index in [-0.39, 0.29) is 13.0 Å². The van der Waals surface area contributed by atoms with Gasteiger partial charge in [-0.2, -0.15) is 0 Å². The average Bonchev–Trinajstić information content (AvgIpc) is 2.77. The van der Waals surface area contributed by atoms with E-state index < -0.39 is 94.3 Å². The minimum Gasteiger partial charge on any atom is -0.394 e. The van der Waals surface area contributed by atoms with Gasteiger partial charge in [-0.1, -0.05) is 0 Å². The van der Waals surface area contributed by atoms with Crippen molar-refractivity contribution >= 4 is 7.82 Å². The van der Waals surface area contributed by atoms with E-state index in [1.807, 2.05) is 0 Å². The third kappa shape index (κ3) is 6.30. The predicted octanol–water partition coefficient (Wildman–Crippen LogP) is -4.76. The standard InChI is InChI=1S/C17H31O16P/c1-5-8(19)9(20)11(22)16(29-5)30-6-2-3-28-7(4-18)13(6)31-17-12(23)10(21)14(15(24)32-17)33-34(25,26)27/h5-24H,2-4H2,1H3,(H2,25,26,27)/t5-,6+,7+,8+,9+,10+,11-,12+,13-,14+,15-,16-,17+/m0/s1. The zero-order valence-electron chi connectivity index (χ0n) is 18.0. The van der Waals surface area contributed by atoms with E-state index in [9.17, 15) is 40.3 Å². The quantitative estimate of drug-likeness (QED) is 0.142. The zero-order valence-corrected chi connectivity index (χ0v) is 18.9. The van der Waals surface area contributed by atoms with Gasteiger partial charge in [0.2, 0.25) is 0 Å². The minimum atomic E-state index is -5.16. The van der Waals surface area contributed by atoms with Crippen molar-refractivity contribution in [2.24, 2.45) is 0 Å². The summed E-state index contributed by atoms with van der Waals surface area (Å²) >= 11 is 0. The van der Waals surface area contributed by atoms with Gasteiger partial charge in [0.1, 0.15) is 48.8 Å². The summed E-state index contributed by atoms with van der Waals surface area (Å²) in [6.07, 6.45) is -19.9. The molecule has 200 valence electrons. The number of ether oxygens (including phenoxy) is 5. The summed E-state index contributed by atoms with van der Waals surface area (Å²) in [6.45, 7) is 0.945. The van der Waals surface area contributed by atoms with E-state index >= 15 is 0 Å². The third-order valence-corrected chi connectivity index (χ3v) is 6.35. The summed E-state index contributed by atoms with van der Waals surface area (Å²) < 4.78 is 42.6. The monoisotopic (exact) mass is 522 g/mol. The van der Waals surface area contributed by atoms with Gasteiger partial charge in [-0.25, -0.2) is 4.57 Å². The van der Waals surface area contributed by atoms with E-state index in [4.69, 9.17) is 33.5 Å². The van der Waals surface area contributed by atoms with Crippen LogP contribution in [-0.2, 0) is 32.8 Å². The van der Waals surface area contributed by atoms with Crippen LogP contribution in [0.4, 0.5) is 0 Å². The maximum Gasteiger partial charge on any atom is 0.470 e. The minimum absolute atomic E-state index is 0.0802. The molecule has 3 fully saturated rings. The Balaban J connectivity index is 1.73. The SMILES string of the molecule is C[C@@H]1O[C@@H](O[C@@H]2CCO[C@H](CO)[C@H]2O[C@@H]2O[C@H](O)[C@H](OP(=O)(O)O)[C@H](O)[C@H]2O)[C@@H](O)[C@H](O)[C@@H]1O. The van der Waals surface area contributed by atoms with Crippen molar-refractivity contribution in [2.45, 2.75) is 93.3 Å². The number of aliphatic hydroxyl groups is 7. The summed E-state index contributed by atoms with van der Waals surface area (Å²) in [5.41, 5.74) is 0. The van der Waals surface area contributed by atoms with Crippen molar-refractivity contribution in [3.63, 3.8) is 0 Å². The molecule has 34 heavy (non-hydrogen) atoms. The maximum absolute atomic E-state index is 11.1. The summed E-state index contributed by atoms with van der Waals surface area (Å²) in [7, 11) is -5.16. The van der Waals surface area contributed by atoms with Crippen molar-refractivity contribution in [3.05, 3.63) is 0 Å². The topological polar surface area (TPSA) is 255 Å². The molecule has 0 unspecified atom stereocenters. The average molecular weight is 522 g/mol. The van der Waals surface area contributed by atoms with E-state index in [0.717, 1.165) is 0 Å². The lowest BCUT2D eigenvalue weighted by molar-refractivity contribution is -0.371. The molecule has 0 spiro atoms. The Hall–Kier alpha value is -0.370. The smallest absolute Gasteiger partial charge is 0.394 e. The second-order valence-corrected chi connectivity index (χ2v) is 9.47. The second kappa shape index (κ2) is 11.4. The van der Waals surface area contributed by atoms with Gasteiger partial charge in [0.05, 0.1) is 18.8 Å². The zero-order chi connectivity index (χ0) is 25.4. The van der Waals surface area contributed by atoms with Gasteiger partial charge in [-0.15, -0.1) is 0 Å². The molecule has 0 saturated carbocycles. The van der Waals surface area contributed by atoms with Crippen LogP contribution in [0.25, 0.3) is 0 Å². The third-order valence-electron chi connectivity index (χ3n) is 5.83. The number of hydrogen-bond donors (Lipinski definition) is 9. The van der Waals surface area contributed by atoms with Gasteiger partial charge in [0.15, 0.2) is 18.9 Å². The molecule has 0 bridgehead atoms. The first-order valence-electron chi connectivity index (χ1n) is 10.5. The first-order chi connectivity index (χ1) is 15.8. The van der Waals surface area contributed by atoms with E-state index in [1.54, 1.807) is 0 Å². The van der Waals surface area contributed by atoms with Gasteiger partial charge in [-0.05, 0) is 13.3 Å². The number of phosphoric ester groups is 1. The number of hydrogen-bond acceptors (Lipinski definition) is 14. The summed E-state index contributed by atoms with van der Waals surface area (Å²) in [5.74, 6) is 0. The molecule has 3 rings (SSSR count). The van der Waals surface area contributed by atoms with Gasteiger partial charge in [0, 0.05) is 6.61 Å². The predicted molar refractivity (Wildman–Crippen MR) is 103 cm³/mol. The molecule has 3 aliphatic heterocycles. The molecule has 3 heterocycles. The highest BCUT2D eigenvalue weighted by molar-refractivity contribution is 7.46. The molecule has 0 aromatic heterocycles. The first-order valence-corrected chi connectivity index (χ1v) is 12.0. The maximum atomic E-state index is 11.1. The fourth-order valence-corrected chi connectivity index (χ4v) is 4.52. The van der Waals surface area contributed by atoms with Crippen LogP contribution in [-0.4, -0.2) is 139 Å². The van der Waals surface area contributed by atoms with Crippen LogP contribution in [0.2, 0.25) is 0 Å². The van der Waals surface area contributed by atoms with Crippen LogP contribution in [0.5, 0.6) is 0 Å². The lowest BCUT2D eigenvalue weighted by Crippen LogP contribution is -2.62. The van der Waals surface area contributed by atoms with Crippen molar-refractivity contribution in [1.29, 1.82) is 0 Å². The molecule has 0 aliphatic carbocycles. The molecule has 16 nitrogen and oxygen atoms in total. The molecule has 3 saturated heterocycles. The van der Waals surface area contributed by atoms with Crippen molar-refractivity contribution in [3.8, 4) is 0 Å². The highest BCUT2D eigenvalue weighted by Gasteiger charge is 2.51. The molecular weight excluding hydrogens is 491 g/mol. The second-order valence-electron chi connectivity index (χ2n) is 8.27. The molecule has 0 radical (unpaired) electrons. The molecule has 13 atom stereocenters. The molecule has 17 heteroatoms. The first kappa shape index (κ1) is 28.2. The van der Waals surface area contributed by atoms with Crippen LogP contribution in [0, 0.1) is 0 Å². The van der Waals surface area contributed by atoms with Crippen molar-refractivity contribution in [1.82, 2.24) is 0 Å².